The Morgan fingerprint density at radius 3 is 2.12 bits per heavy atom. The van der Waals surface area contributed by atoms with Crippen molar-refractivity contribution in [3.05, 3.63) is 114 Å². The summed E-state index contributed by atoms with van der Waals surface area (Å²) in [4.78, 5) is 17.2. The maximum atomic E-state index is 11.3. The highest BCUT2D eigenvalue weighted by atomic mass is 16.4. The Morgan fingerprint density at radius 1 is 1.09 bits per heavy atom. The first-order chi connectivity index (χ1) is 15.5. The third-order valence-corrected chi connectivity index (χ3v) is 4.99. The van der Waals surface area contributed by atoms with Gasteiger partial charge in [-0.1, -0.05) is 67.2 Å². The number of nitrogens with two attached hydrogens (primary N) is 1. The summed E-state index contributed by atoms with van der Waals surface area (Å²) < 4.78 is 0. The van der Waals surface area contributed by atoms with Gasteiger partial charge >= 0.3 is 5.97 Å². The number of anilines is 1. The second kappa shape index (κ2) is 10.1. The van der Waals surface area contributed by atoms with Gasteiger partial charge in [-0.25, -0.2) is 4.79 Å². The van der Waals surface area contributed by atoms with E-state index in [0.717, 1.165) is 11.1 Å². The second-order valence-corrected chi connectivity index (χ2v) is 6.95. The fourth-order valence-corrected chi connectivity index (χ4v) is 3.44. The van der Waals surface area contributed by atoms with E-state index in [1.165, 1.54) is 12.1 Å². The second-order valence-electron chi connectivity index (χ2n) is 6.95. The largest absolute Gasteiger partial charge is 0.478 e. The number of aliphatic imine (C=N–C) groups is 1. The van der Waals surface area contributed by atoms with E-state index in [1.807, 2.05) is 60.7 Å². The molecule has 5 N–H and O–H groups in total. The fourth-order valence-electron chi connectivity index (χ4n) is 3.44. The lowest BCUT2D eigenvalue weighted by Crippen LogP contribution is -2.31. The third kappa shape index (κ3) is 4.84. The maximum Gasteiger partial charge on any atom is 0.335 e. The summed E-state index contributed by atoms with van der Waals surface area (Å²) in [6, 6.07) is 23.8. The smallest absolute Gasteiger partial charge is 0.335 e. The lowest BCUT2D eigenvalue weighted by molar-refractivity contribution is 0.0697. The van der Waals surface area contributed by atoms with Crippen molar-refractivity contribution in [3.63, 3.8) is 0 Å². The zero-order valence-electron chi connectivity index (χ0n) is 17.7. The number of hydrogen-bond donors (Lipinski definition) is 4. The monoisotopic (exact) mass is 427 g/mol. The minimum atomic E-state index is -1.04. The van der Waals surface area contributed by atoms with E-state index >= 15 is 0 Å². The molecule has 0 spiro atoms. The number of aromatic carboxylic acids is 1. The van der Waals surface area contributed by atoms with E-state index in [9.17, 15) is 9.90 Å². The molecule has 0 saturated carbocycles. The summed E-state index contributed by atoms with van der Waals surface area (Å²) in [5.74, 6) is -1.05. The van der Waals surface area contributed by atoms with E-state index in [0.29, 0.717) is 11.3 Å². The fraction of sp³-hybridized carbons (Fsp3) is 0.0800. The first kappa shape index (κ1) is 22.3. The number of nitrogens with one attached hydrogen (secondary N) is 2. The molecular weight excluding hydrogens is 402 g/mol. The molecule has 3 rings (SSSR count). The minimum Gasteiger partial charge on any atom is -0.478 e. The predicted molar refractivity (Wildman–Crippen MR) is 128 cm³/mol. The Morgan fingerprint density at radius 2 is 1.66 bits per heavy atom. The Labute approximate surface area is 187 Å². The van der Waals surface area contributed by atoms with Crippen LogP contribution in [0, 0.1) is 5.41 Å². The van der Waals surface area contributed by atoms with Crippen LogP contribution < -0.4 is 11.1 Å². The Kier molecular flexibility index (Phi) is 7.02. The van der Waals surface area contributed by atoms with Gasteiger partial charge in [0, 0.05) is 24.5 Å². The Bertz CT molecular complexity index is 1100. The molecule has 0 atom stereocenters. The Hall–Kier alpha value is -4.39. The summed E-state index contributed by atoms with van der Waals surface area (Å²) in [6.45, 7) is 3.90. The average Bonchev–Trinajstić information content (AvgIpc) is 2.82. The minimum absolute atomic E-state index is 0.0861. The molecule has 0 heterocycles. The van der Waals surface area contributed by atoms with Gasteiger partial charge in [0.2, 0.25) is 5.96 Å². The molecule has 0 radical (unpaired) electrons. The normalized spacial score (nSPS) is 11.1. The molecule has 0 aliphatic heterocycles. The number of amidine groups is 1. The number of hydrogen-bond acceptors (Lipinski definition) is 3. The molecular formula is C25H25N5O2. The van der Waals surface area contributed by atoms with Crippen LogP contribution in [-0.2, 0) is 0 Å². The van der Waals surface area contributed by atoms with Crippen LogP contribution in [0.1, 0.15) is 33.1 Å². The zero-order chi connectivity index (χ0) is 23.1. The first-order valence-electron chi connectivity index (χ1n) is 9.95. The molecule has 0 unspecified atom stereocenters. The van der Waals surface area contributed by atoms with Crippen LogP contribution in [0.15, 0.2) is 96.6 Å². The number of carboxylic acid groups (broad SMARTS) is 1. The summed E-state index contributed by atoms with van der Waals surface area (Å²) in [5, 5.41) is 20.8. The van der Waals surface area contributed by atoms with Crippen molar-refractivity contribution in [2.75, 3.05) is 12.4 Å². The van der Waals surface area contributed by atoms with Gasteiger partial charge in [-0.3, -0.25) is 5.41 Å². The van der Waals surface area contributed by atoms with Gasteiger partial charge < -0.3 is 21.1 Å². The molecule has 0 bridgehead atoms. The van der Waals surface area contributed by atoms with Gasteiger partial charge in [-0.2, -0.15) is 4.99 Å². The molecule has 0 aromatic heterocycles. The SMILES string of the molecule is C=CN(C(=N)N=C(N)c1ccc(C(=O)O)cc1NC)C(c1ccccc1)c1ccccc1. The molecule has 3 aromatic carbocycles. The van der Waals surface area contributed by atoms with Crippen LogP contribution in [0.25, 0.3) is 0 Å². The topological polar surface area (TPSA) is 115 Å². The highest BCUT2D eigenvalue weighted by Gasteiger charge is 2.23. The number of rotatable bonds is 7. The van der Waals surface area contributed by atoms with Crippen LogP contribution in [0.3, 0.4) is 0 Å². The van der Waals surface area contributed by atoms with Gasteiger partial charge in [0.05, 0.1) is 11.6 Å². The van der Waals surface area contributed by atoms with E-state index < -0.39 is 5.97 Å². The first-order valence-corrected chi connectivity index (χ1v) is 9.95. The van der Waals surface area contributed by atoms with E-state index in [-0.39, 0.29) is 23.4 Å². The van der Waals surface area contributed by atoms with Gasteiger partial charge in [0.1, 0.15) is 5.84 Å². The van der Waals surface area contributed by atoms with Crippen LogP contribution in [-0.4, -0.2) is 34.8 Å². The van der Waals surface area contributed by atoms with Crippen LogP contribution in [0.5, 0.6) is 0 Å². The van der Waals surface area contributed by atoms with Crippen molar-refractivity contribution in [2.24, 2.45) is 10.7 Å². The van der Waals surface area contributed by atoms with Crippen molar-refractivity contribution >= 4 is 23.5 Å². The highest BCUT2D eigenvalue weighted by Crippen LogP contribution is 2.29. The molecule has 0 saturated heterocycles. The van der Waals surface area contributed by atoms with Gasteiger partial charge in [-0.05, 0) is 29.3 Å². The third-order valence-electron chi connectivity index (χ3n) is 4.99. The summed E-state index contributed by atoms with van der Waals surface area (Å²) >= 11 is 0. The number of carbonyl (C=O) groups is 1. The van der Waals surface area contributed by atoms with Crippen molar-refractivity contribution in [3.8, 4) is 0 Å². The van der Waals surface area contributed by atoms with E-state index in [4.69, 9.17) is 11.1 Å². The maximum absolute atomic E-state index is 11.3. The van der Waals surface area contributed by atoms with Crippen molar-refractivity contribution in [1.29, 1.82) is 5.41 Å². The molecule has 0 amide bonds. The number of nitrogens with zero attached hydrogens (tertiary/aromatic N) is 2. The number of benzene rings is 3. The van der Waals surface area contributed by atoms with Crippen LogP contribution in [0.4, 0.5) is 5.69 Å². The summed E-state index contributed by atoms with van der Waals surface area (Å²) in [5.41, 5.74) is 9.31. The highest BCUT2D eigenvalue weighted by molar-refractivity contribution is 6.08. The molecule has 0 fully saturated rings. The molecule has 7 heteroatoms. The zero-order valence-corrected chi connectivity index (χ0v) is 17.7. The van der Waals surface area contributed by atoms with Crippen LogP contribution in [0.2, 0.25) is 0 Å². The number of guanidine groups is 1. The van der Waals surface area contributed by atoms with Crippen molar-refractivity contribution < 1.29 is 9.90 Å². The standard InChI is InChI=1S/C25H25N5O2/c1-3-30(22(17-10-6-4-7-11-17)18-12-8-5-9-13-18)25(27)29-23(26)20-15-14-19(24(31)32)16-21(20)28-2/h3-16,22,28H,1H2,2H3,(H,31,32)(H3,26,27,29). The van der Waals surface area contributed by atoms with Gasteiger partial charge in [-0.15, -0.1) is 0 Å². The average molecular weight is 428 g/mol. The summed E-state index contributed by atoms with van der Waals surface area (Å²) in [7, 11) is 1.67. The molecule has 32 heavy (non-hydrogen) atoms. The molecule has 162 valence electrons. The van der Waals surface area contributed by atoms with Crippen LogP contribution >= 0.6 is 0 Å². The Balaban J connectivity index is 2.01. The van der Waals surface area contributed by atoms with Gasteiger partial charge in [0.25, 0.3) is 0 Å². The lowest BCUT2D eigenvalue weighted by Gasteiger charge is -2.30. The van der Waals surface area contributed by atoms with Crippen molar-refractivity contribution in [2.45, 2.75) is 6.04 Å². The van der Waals surface area contributed by atoms with Crippen molar-refractivity contribution in [1.82, 2.24) is 4.90 Å². The quantitative estimate of drug-likeness (QED) is 0.331. The predicted octanol–water partition coefficient (Wildman–Crippen LogP) is 4.30. The molecule has 3 aromatic rings. The summed E-state index contributed by atoms with van der Waals surface area (Å²) in [6.07, 6.45) is 1.55. The molecule has 0 aliphatic rings. The lowest BCUT2D eigenvalue weighted by atomic mass is 9.97. The van der Waals surface area contributed by atoms with E-state index in [2.05, 4.69) is 16.9 Å². The number of carboxylic acids is 1. The van der Waals surface area contributed by atoms with Gasteiger partial charge in [0.15, 0.2) is 0 Å². The molecule has 0 aliphatic carbocycles. The molecule has 7 nitrogen and oxygen atoms in total. The van der Waals surface area contributed by atoms with E-state index in [1.54, 1.807) is 24.2 Å².